The summed E-state index contributed by atoms with van der Waals surface area (Å²) in [7, 11) is 0. The summed E-state index contributed by atoms with van der Waals surface area (Å²) in [6, 6.07) is 16.5. The fourth-order valence-electron chi connectivity index (χ4n) is 3.07. The van der Waals surface area contributed by atoms with Crippen LogP contribution >= 0.6 is 24.0 Å². The molecule has 0 aliphatic heterocycles. The topological polar surface area (TPSA) is 68.2 Å². The third-order valence-corrected chi connectivity index (χ3v) is 4.49. The minimum Gasteiger partial charge on any atom is -0.370 e. The van der Waals surface area contributed by atoms with Gasteiger partial charge in [0.25, 0.3) is 0 Å². The first-order valence-electron chi connectivity index (χ1n) is 9.13. The smallest absolute Gasteiger partial charge is 0.193 e. The SMILES string of the molecule is Cc1nc2ccccc2n1CCCN=C(N)Nc1cccc(C(C)C)c1.I. The number of nitrogens with two attached hydrogens (primary N) is 1. The van der Waals surface area contributed by atoms with Gasteiger partial charge in [0.15, 0.2) is 5.96 Å². The summed E-state index contributed by atoms with van der Waals surface area (Å²) in [6.07, 6.45) is 0.912. The summed E-state index contributed by atoms with van der Waals surface area (Å²) in [6.45, 7) is 7.96. The van der Waals surface area contributed by atoms with Gasteiger partial charge in [-0.3, -0.25) is 4.99 Å². The lowest BCUT2D eigenvalue weighted by atomic mass is 10.0. The predicted molar refractivity (Wildman–Crippen MR) is 125 cm³/mol. The van der Waals surface area contributed by atoms with Gasteiger partial charge in [0.1, 0.15) is 5.82 Å². The van der Waals surface area contributed by atoms with Gasteiger partial charge in [-0.1, -0.05) is 38.1 Å². The third-order valence-electron chi connectivity index (χ3n) is 4.49. The maximum absolute atomic E-state index is 6.03. The summed E-state index contributed by atoms with van der Waals surface area (Å²) in [4.78, 5) is 9.05. The summed E-state index contributed by atoms with van der Waals surface area (Å²) in [5.74, 6) is 1.98. The van der Waals surface area contributed by atoms with Crippen molar-refractivity contribution in [1.29, 1.82) is 0 Å². The van der Waals surface area contributed by atoms with Crippen molar-refractivity contribution in [3.63, 3.8) is 0 Å². The molecule has 0 bridgehead atoms. The molecule has 0 aliphatic rings. The Morgan fingerprint density at radius 1 is 1.19 bits per heavy atom. The van der Waals surface area contributed by atoms with Gasteiger partial charge in [0.2, 0.25) is 0 Å². The number of guanidine groups is 1. The maximum atomic E-state index is 6.03. The van der Waals surface area contributed by atoms with E-state index in [4.69, 9.17) is 5.73 Å². The second-order valence-electron chi connectivity index (χ2n) is 6.83. The second kappa shape index (κ2) is 9.73. The molecule has 27 heavy (non-hydrogen) atoms. The van der Waals surface area contributed by atoms with Crippen LogP contribution in [-0.4, -0.2) is 22.1 Å². The number of aryl methyl sites for hydroxylation is 2. The summed E-state index contributed by atoms with van der Waals surface area (Å²) < 4.78 is 2.24. The highest BCUT2D eigenvalue weighted by molar-refractivity contribution is 14.0. The zero-order valence-corrected chi connectivity index (χ0v) is 18.5. The minimum absolute atomic E-state index is 0. The van der Waals surface area contributed by atoms with Gasteiger partial charge < -0.3 is 15.6 Å². The van der Waals surface area contributed by atoms with Crippen molar-refractivity contribution in [3.8, 4) is 0 Å². The van der Waals surface area contributed by atoms with Gasteiger partial charge in [0.05, 0.1) is 11.0 Å². The van der Waals surface area contributed by atoms with Crippen molar-refractivity contribution in [1.82, 2.24) is 9.55 Å². The Kier molecular flexibility index (Phi) is 7.65. The molecule has 0 saturated carbocycles. The van der Waals surface area contributed by atoms with E-state index in [1.807, 2.05) is 37.3 Å². The van der Waals surface area contributed by atoms with Gasteiger partial charge in [-0.2, -0.15) is 0 Å². The van der Waals surface area contributed by atoms with E-state index in [0.717, 1.165) is 30.0 Å². The van der Waals surface area contributed by atoms with Crippen LogP contribution in [-0.2, 0) is 6.54 Å². The maximum Gasteiger partial charge on any atom is 0.193 e. The summed E-state index contributed by atoms with van der Waals surface area (Å²) in [5, 5.41) is 3.18. The third kappa shape index (κ3) is 5.45. The first-order chi connectivity index (χ1) is 12.5. The Morgan fingerprint density at radius 2 is 1.96 bits per heavy atom. The van der Waals surface area contributed by atoms with E-state index in [2.05, 4.69) is 51.9 Å². The predicted octanol–water partition coefficient (Wildman–Crippen LogP) is 4.90. The van der Waals surface area contributed by atoms with Crippen LogP contribution in [0.5, 0.6) is 0 Å². The van der Waals surface area contributed by atoms with Crippen LogP contribution in [0.2, 0.25) is 0 Å². The number of para-hydroxylation sites is 2. The van der Waals surface area contributed by atoms with Crippen LogP contribution in [0, 0.1) is 6.92 Å². The van der Waals surface area contributed by atoms with Crippen LogP contribution < -0.4 is 11.1 Å². The quantitative estimate of drug-likeness (QED) is 0.230. The molecule has 1 heterocycles. The lowest BCUT2D eigenvalue weighted by Gasteiger charge is -2.10. The van der Waals surface area contributed by atoms with Gasteiger partial charge in [-0.05, 0) is 49.1 Å². The standard InChI is InChI=1S/C21H27N5.HI/c1-15(2)17-8-6-9-18(14-17)25-21(22)23-12-7-13-26-16(3)24-19-10-4-5-11-20(19)26;/h4-6,8-11,14-15H,7,12-13H2,1-3H3,(H3,22,23,25);1H. The number of aromatic nitrogens is 2. The Morgan fingerprint density at radius 3 is 2.74 bits per heavy atom. The van der Waals surface area contributed by atoms with Crippen molar-refractivity contribution in [2.24, 2.45) is 10.7 Å². The van der Waals surface area contributed by atoms with Gasteiger partial charge in [-0.25, -0.2) is 4.98 Å². The Bertz CT molecular complexity index is 914. The van der Waals surface area contributed by atoms with Gasteiger partial charge >= 0.3 is 0 Å². The molecule has 3 N–H and O–H groups in total. The van der Waals surface area contributed by atoms with Crippen molar-refractivity contribution >= 4 is 46.7 Å². The largest absolute Gasteiger partial charge is 0.370 e. The molecule has 0 spiro atoms. The molecule has 3 rings (SSSR count). The fourth-order valence-corrected chi connectivity index (χ4v) is 3.07. The highest BCUT2D eigenvalue weighted by Gasteiger charge is 2.06. The van der Waals surface area contributed by atoms with Crippen LogP contribution in [0.3, 0.4) is 0 Å². The van der Waals surface area contributed by atoms with Crippen LogP contribution in [0.1, 0.15) is 37.6 Å². The second-order valence-corrected chi connectivity index (χ2v) is 6.83. The zero-order valence-electron chi connectivity index (χ0n) is 16.1. The summed E-state index contributed by atoms with van der Waals surface area (Å²) in [5.41, 5.74) is 10.5. The average Bonchev–Trinajstić information content (AvgIpc) is 2.94. The highest BCUT2D eigenvalue weighted by Crippen LogP contribution is 2.18. The van der Waals surface area contributed by atoms with Crippen molar-refractivity contribution in [3.05, 3.63) is 59.9 Å². The molecule has 144 valence electrons. The molecular formula is C21H28IN5. The molecular weight excluding hydrogens is 449 g/mol. The lowest BCUT2D eigenvalue weighted by Crippen LogP contribution is -2.23. The Balaban J connectivity index is 0.00000261. The van der Waals surface area contributed by atoms with Gasteiger partial charge in [-0.15, -0.1) is 24.0 Å². The van der Waals surface area contributed by atoms with Gasteiger partial charge in [0, 0.05) is 18.8 Å². The van der Waals surface area contributed by atoms with E-state index >= 15 is 0 Å². The number of aliphatic imine (C=N–C) groups is 1. The number of hydrogen-bond donors (Lipinski definition) is 2. The number of benzene rings is 2. The Hall–Kier alpha value is -2.09. The number of halogens is 1. The number of nitrogens with zero attached hydrogens (tertiary/aromatic N) is 3. The fraction of sp³-hybridized carbons (Fsp3) is 0.333. The van der Waals surface area contributed by atoms with E-state index in [1.165, 1.54) is 11.1 Å². The molecule has 0 atom stereocenters. The molecule has 1 aromatic heterocycles. The minimum atomic E-state index is 0. The molecule has 0 saturated heterocycles. The van der Waals surface area contributed by atoms with Crippen LogP contribution in [0.25, 0.3) is 11.0 Å². The van der Waals surface area contributed by atoms with Crippen molar-refractivity contribution in [2.75, 3.05) is 11.9 Å². The number of fused-ring (bicyclic) bond motifs is 1. The molecule has 0 aliphatic carbocycles. The molecule has 3 aromatic rings. The summed E-state index contributed by atoms with van der Waals surface area (Å²) >= 11 is 0. The number of hydrogen-bond acceptors (Lipinski definition) is 2. The van der Waals surface area contributed by atoms with Crippen LogP contribution in [0.4, 0.5) is 5.69 Å². The van der Waals surface area contributed by atoms with Crippen molar-refractivity contribution < 1.29 is 0 Å². The van der Waals surface area contributed by atoms with E-state index in [0.29, 0.717) is 18.4 Å². The van der Waals surface area contributed by atoms with E-state index in [-0.39, 0.29) is 24.0 Å². The molecule has 5 nitrogen and oxygen atoms in total. The molecule has 0 fully saturated rings. The number of imidazole rings is 1. The molecule has 0 unspecified atom stereocenters. The number of anilines is 1. The molecule has 2 aromatic carbocycles. The first-order valence-corrected chi connectivity index (χ1v) is 9.13. The molecule has 0 amide bonds. The Labute approximate surface area is 178 Å². The van der Waals surface area contributed by atoms with Crippen LogP contribution in [0.15, 0.2) is 53.5 Å². The van der Waals surface area contributed by atoms with E-state index in [9.17, 15) is 0 Å². The average molecular weight is 477 g/mol. The molecule has 0 radical (unpaired) electrons. The normalized spacial score (nSPS) is 11.6. The highest BCUT2D eigenvalue weighted by atomic mass is 127. The molecule has 6 heteroatoms. The zero-order chi connectivity index (χ0) is 18.5. The first kappa shape index (κ1) is 21.2. The lowest BCUT2D eigenvalue weighted by molar-refractivity contribution is 0.649. The van der Waals surface area contributed by atoms with Crippen molar-refractivity contribution in [2.45, 2.75) is 39.7 Å². The van der Waals surface area contributed by atoms with E-state index < -0.39 is 0 Å². The van der Waals surface area contributed by atoms with E-state index in [1.54, 1.807) is 0 Å². The number of rotatable bonds is 6. The monoisotopic (exact) mass is 477 g/mol. The number of nitrogens with one attached hydrogen (secondary N) is 1.